The maximum Gasteiger partial charge on any atom is 0.407 e. The first kappa shape index (κ1) is 38.0. The zero-order valence-electron chi connectivity index (χ0n) is 29.5. The number of rotatable bonds is 8. The molecule has 6 rings (SSSR count). The first-order chi connectivity index (χ1) is 24.4. The van der Waals surface area contributed by atoms with E-state index in [2.05, 4.69) is 5.32 Å². The van der Waals surface area contributed by atoms with Crippen LogP contribution < -0.4 is 5.32 Å². The fourth-order valence-corrected chi connectivity index (χ4v) is 9.60. The monoisotopic (exact) mass is 743 g/mol. The molecule has 6 N–H and O–H groups in total. The molecule has 14 nitrogen and oxygen atoms in total. The number of Topliss-reactive ketones (excluding diaryl/α,β-unsaturated/α-hetero) is 1. The number of esters is 2. The van der Waals surface area contributed by atoms with Crippen molar-refractivity contribution in [2.75, 3.05) is 13.2 Å². The van der Waals surface area contributed by atoms with Gasteiger partial charge >= 0.3 is 18.0 Å². The molecule has 0 unspecified atom stereocenters. The molecule has 3 fully saturated rings. The Kier molecular flexibility index (Phi) is 9.96. The highest BCUT2D eigenvalue weighted by Gasteiger charge is 2.76. The van der Waals surface area contributed by atoms with Crippen LogP contribution in [0.25, 0.3) is 0 Å². The van der Waals surface area contributed by atoms with Gasteiger partial charge in [-0.3, -0.25) is 4.79 Å². The molecule has 1 saturated heterocycles. The molecule has 15 heteroatoms. The number of aliphatic hydroxyl groups excluding tert-OH is 3. The molecule has 52 heavy (non-hydrogen) atoms. The Morgan fingerprint density at radius 2 is 1.75 bits per heavy atom. The van der Waals surface area contributed by atoms with E-state index in [9.17, 15) is 44.7 Å². The summed E-state index contributed by atoms with van der Waals surface area (Å²) in [4.78, 5) is 55.1. The van der Waals surface area contributed by atoms with E-state index in [1.807, 2.05) is 0 Å². The van der Waals surface area contributed by atoms with Gasteiger partial charge < -0.3 is 49.8 Å². The Balaban J connectivity index is 1.46. The standard InChI is InChI=1S/C37H45NO13S/c1-6-48-33(45)38-25(21-13-10-14-52-21)27(41)32(44)50-20-16-37(47)30(51-31(43)19-11-8-7-9-12-19)28-35(5,22(39)15-23-36(28,46)17-49-23)29(42)26(40)24(18(20)2)34(37,3)4/h7-14,20,22-23,25-28,30,39-41,46-47H,6,15-17H2,1-5H3,(H,38,45)/t20-,22-,23+,25-,26+,27+,28-,30-,35+,36-,37+/m0/s1. The molecule has 0 spiro atoms. The molecule has 0 radical (unpaired) electrons. The zero-order chi connectivity index (χ0) is 38.0. The number of aliphatic hydroxyl groups is 5. The van der Waals surface area contributed by atoms with Gasteiger partial charge in [0.15, 0.2) is 11.9 Å². The Labute approximate surface area is 304 Å². The molecule has 1 amide bonds. The molecular weight excluding hydrogens is 698 g/mol. The summed E-state index contributed by atoms with van der Waals surface area (Å²) in [5.41, 5.74) is -7.47. The number of ketones is 1. The number of carbonyl (C=O) groups is 4. The van der Waals surface area contributed by atoms with Crippen molar-refractivity contribution in [1.82, 2.24) is 5.32 Å². The molecular formula is C37H45NO13S. The summed E-state index contributed by atoms with van der Waals surface area (Å²) >= 11 is 1.16. The Morgan fingerprint density at radius 1 is 1.06 bits per heavy atom. The van der Waals surface area contributed by atoms with Crippen LogP contribution in [-0.2, 0) is 28.5 Å². The predicted molar refractivity (Wildman–Crippen MR) is 183 cm³/mol. The zero-order valence-corrected chi connectivity index (χ0v) is 30.3. The Morgan fingerprint density at radius 3 is 2.35 bits per heavy atom. The Bertz CT molecular complexity index is 1750. The van der Waals surface area contributed by atoms with E-state index in [4.69, 9.17) is 18.9 Å². The van der Waals surface area contributed by atoms with Crippen molar-refractivity contribution in [3.8, 4) is 0 Å². The van der Waals surface area contributed by atoms with Crippen molar-refractivity contribution in [2.24, 2.45) is 16.7 Å². The lowest BCUT2D eigenvalue weighted by Crippen LogP contribution is -2.81. The topological polar surface area (TPSA) is 218 Å². The number of alkyl carbamates (subject to hydrolysis) is 1. The number of carbonyl (C=O) groups excluding carboxylic acids is 4. The average Bonchev–Trinajstić information content (AvgIpc) is 3.64. The van der Waals surface area contributed by atoms with Crippen molar-refractivity contribution in [3.05, 3.63) is 69.4 Å². The molecule has 3 aliphatic carbocycles. The highest BCUT2D eigenvalue weighted by Crippen LogP contribution is 2.63. The van der Waals surface area contributed by atoms with Gasteiger partial charge in [-0.15, -0.1) is 11.3 Å². The SMILES string of the molecule is CCOC(=O)N[C@@H](c1cccs1)[C@@H](O)C(=O)O[C@H]1C[C@@]2(O)[C@@H](OC(=O)c3ccccc3)[C@@H]3[C@]4(O)CO[C@@H]4C[C@H](O)[C@@]3(C)C(=O)[C@H](O)C(=C1C)C2(C)C. The number of ether oxygens (including phenoxy) is 4. The lowest BCUT2D eigenvalue weighted by molar-refractivity contribution is -0.343. The Hall–Kier alpha value is -3.70. The number of nitrogens with one attached hydrogen (secondary N) is 1. The second-order valence-electron chi connectivity index (χ2n) is 14.8. The van der Waals surface area contributed by atoms with E-state index in [0.29, 0.717) is 4.88 Å². The highest BCUT2D eigenvalue weighted by molar-refractivity contribution is 7.10. The van der Waals surface area contributed by atoms with Crippen molar-refractivity contribution in [2.45, 2.75) is 101 Å². The first-order valence-electron chi connectivity index (χ1n) is 17.2. The minimum absolute atomic E-state index is 0.0306. The number of benzene rings is 1. The second kappa shape index (κ2) is 13.6. The quantitative estimate of drug-likeness (QED) is 0.130. The summed E-state index contributed by atoms with van der Waals surface area (Å²) in [5, 5.41) is 64.4. The van der Waals surface area contributed by atoms with Crippen LogP contribution in [-0.4, -0.2) is 110 Å². The molecule has 11 atom stereocenters. The third kappa shape index (κ3) is 5.77. The number of thiophene rings is 1. The second-order valence-corrected chi connectivity index (χ2v) is 15.8. The summed E-state index contributed by atoms with van der Waals surface area (Å²) in [6, 6.07) is 9.87. The van der Waals surface area contributed by atoms with E-state index in [-0.39, 0.29) is 36.3 Å². The van der Waals surface area contributed by atoms with Gasteiger partial charge in [0.1, 0.15) is 35.6 Å². The molecule has 1 aromatic carbocycles. The summed E-state index contributed by atoms with van der Waals surface area (Å²) in [6.45, 7) is 7.31. The van der Waals surface area contributed by atoms with Crippen LogP contribution in [0.2, 0.25) is 0 Å². The third-order valence-corrected chi connectivity index (χ3v) is 12.8. The van der Waals surface area contributed by atoms with Crippen LogP contribution in [0, 0.1) is 16.7 Å². The largest absolute Gasteiger partial charge is 0.456 e. The normalized spacial score (nSPS) is 36.1. The van der Waals surface area contributed by atoms with Crippen LogP contribution in [0.15, 0.2) is 59.0 Å². The van der Waals surface area contributed by atoms with Gasteiger partial charge in [0, 0.05) is 29.1 Å². The van der Waals surface area contributed by atoms with Crippen molar-refractivity contribution in [1.29, 1.82) is 0 Å². The van der Waals surface area contributed by atoms with E-state index in [1.54, 1.807) is 56.5 Å². The van der Waals surface area contributed by atoms with Gasteiger partial charge in [0.2, 0.25) is 0 Å². The van der Waals surface area contributed by atoms with Gasteiger partial charge in [0.25, 0.3) is 0 Å². The van der Waals surface area contributed by atoms with Gasteiger partial charge in [0.05, 0.1) is 36.4 Å². The van der Waals surface area contributed by atoms with E-state index >= 15 is 0 Å². The lowest BCUT2D eigenvalue weighted by atomic mass is 9.44. The van der Waals surface area contributed by atoms with Crippen LogP contribution in [0.3, 0.4) is 0 Å². The minimum Gasteiger partial charge on any atom is -0.456 e. The van der Waals surface area contributed by atoms with Gasteiger partial charge in [-0.2, -0.15) is 0 Å². The molecule has 4 aliphatic rings. The summed E-state index contributed by atoms with van der Waals surface area (Å²) in [7, 11) is 0. The van der Waals surface area contributed by atoms with Crippen LogP contribution in [0.1, 0.15) is 68.7 Å². The predicted octanol–water partition coefficient (Wildman–Crippen LogP) is 1.97. The third-order valence-electron chi connectivity index (χ3n) is 11.8. The van der Waals surface area contributed by atoms with Crippen LogP contribution in [0.4, 0.5) is 4.79 Å². The van der Waals surface area contributed by atoms with Gasteiger partial charge in [-0.25, -0.2) is 14.4 Å². The molecule has 282 valence electrons. The molecule has 2 saturated carbocycles. The number of hydrogen-bond acceptors (Lipinski definition) is 14. The van der Waals surface area contributed by atoms with Gasteiger partial charge in [-0.05, 0) is 55.5 Å². The van der Waals surface area contributed by atoms with Crippen LogP contribution >= 0.6 is 11.3 Å². The fraction of sp³-hybridized carbons (Fsp3) is 0.568. The lowest BCUT2D eigenvalue weighted by Gasteiger charge is -2.66. The maximum absolute atomic E-state index is 14.6. The molecule has 2 heterocycles. The molecule has 1 aliphatic heterocycles. The summed E-state index contributed by atoms with van der Waals surface area (Å²) in [5.74, 6) is -4.51. The minimum atomic E-state index is -2.29. The number of fused-ring (bicyclic) bond motifs is 5. The molecule has 2 bridgehead atoms. The van der Waals surface area contributed by atoms with Crippen molar-refractivity contribution in [3.63, 3.8) is 0 Å². The number of amides is 1. The van der Waals surface area contributed by atoms with Crippen LogP contribution in [0.5, 0.6) is 0 Å². The molecule has 2 aromatic rings. The maximum atomic E-state index is 14.6. The highest BCUT2D eigenvalue weighted by atomic mass is 32.1. The van der Waals surface area contributed by atoms with Crippen molar-refractivity contribution >= 4 is 35.2 Å². The fourth-order valence-electron chi connectivity index (χ4n) is 8.80. The summed E-state index contributed by atoms with van der Waals surface area (Å²) in [6.07, 6.45) is -11.1. The van der Waals surface area contributed by atoms with Crippen molar-refractivity contribution < 1.29 is 63.7 Å². The smallest absolute Gasteiger partial charge is 0.407 e. The van der Waals surface area contributed by atoms with E-state index in [0.717, 1.165) is 11.3 Å². The average molecular weight is 744 g/mol. The van der Waals surface area contributed by atoms with Gasteiger partial charge in [-0.1, -0.05) is 38.1 Å². The molecule has 1 aromatic heterocycles. The first-order valence-corrected chi connectivity index (χ1v) is 18.1. The van der Waals surface area contributed by atoms with E-state index < -0.39 is 101 Å². The van der Waals surface area contributed by atoms with E-state index in [1.165, 1.54) is 26.0 Å². The summed E-state index contributed by atoms with van der Waals surface area (Å²) < 4.78 is 22.7. The number of hydrogen-bond donors (Lipinski definition) is 6.